The molecule has 1 aliphatic heterocycles. The lowest BCUT2D eigenvalue weighted by Crippen LogP contribution is -2.60. The lowest BCUT2D eigenvalue weighted by atomic mass is 9.99. The molecular weight excluding hydrogens is 440 g/mol. The molecule has 11 nitrogen and oxygen atoms in total. The Kier molecular flexibility index (Phi) is 6.15. The van der Waals surface area contributed by atoms with Crippen molar-refractivity contribution in [2.24, 2.45) is 0 Å². The quantitative estimate of drug-likeness (QED) is 0.309. The van der Waals surface area contributed by atoms with E-state index in [2.05, 4.69) is 0 Å². The van der Waals surface area contributed by atoms with E-state index in [0.29, 0.717) is 5.56 Å². The minimum atomic E-state index is -1.56. The molecule has 1 fully saturated rings. The number of hydrogen-bond donors (Lipinski definition) is 6. The maximum absolute atomic E-state index is 12.7. The highest BCUT2D eigenvalue weighted by molar-refractivity contribution is 5.88. The van der Waals surface area contributed by atoms with Gasteiger partial charge in [0, 0.05) is 24.8 Å². The molecule has 5 atom stereocenters. The Morgan fingerprint density at radius 3 is 2.36 bits per heavy atom. The number of ether oxygens (including phenoxy) is 3. The van der Waals surface area contributed by atoms with Crippen molar-refractivity contribution < 1.29 is 49.3 Å². The maximum Gasteiger partial charge on any atom is 0.238 e. The zero-order chi connectivity index (χ0) is 23.9. The monoisotopic (exact) mass is 462 g/mol. The van der Waals surface area contributed by atoms with E-state index in [-0.39, 0.29) is 28.2 Å². The fourth-order valence-corrected chi connectivity index (χ4v) is 3.72. The van der Waals surface area contributed by atoms with Crippen molar-refractivity contribution in [1.82, 2.24) is 0 Å². The van der Waals surface area contributed by atoms with Crippen LogP contribution in [0.2, 0.25) is 0 Å². The highest BCUT2D eigenvalue weighted by Crippen LogP contribution is 2.36. The molecule has 0 aliphatic carbocycles. The molecule has 2 aromatic carbocycles. The standard InChI is InChI=1S/C22H22O11/c1-30-21-14(8-23)33-22(19(29)18(21)28)31-11-6-12(25)15-13(7-11)32-20(17(27)16(15)26)9-2-4-10(24)5-3-9/h2-7,14,18-19,21-25,27-29H,8H2,1H3. The normalized spacial score (nSPS) is 25.3. The van der Waals surface area contributed by atoms with Crippen LogP contribution in [-0.2, 0) is 9.47 Å². The van der Waals surface area contributed by atoms with Gasteiger partial charge in [-0.1, -0.05) is 0 Å². The number of hydrogen-bond acceptors (Lipinski definition) is 11. The Morgan fingerprint density at radius 1 is 1.03 bits per heavy atom. The lowest BCUT2D eigenvalue weighted by Gasteiger charge is -2.41. The van der Waals surface area contributed by atoms with E-state index in [1.807, 2.05) is 0 Å². The summed E-state index contributed by atoms with van der Waals surface area (Å²) in [6.07, 6.45) is -6.43. The second-order valence-corrected chi connectivity index (χ2v) is 7.50. The van der Waals surface area contributed by atoms with Crippen LogP contribution < -0.4 is 10.2 Å². The fraction of sp³-hybridized carbons (Fsp3) is 0.318. The maximum atomic E-state index is 12.7. The Bertz CT molecular complexity index is 1200. The summed E-state index contributed by atoms with van der Waals surface area (Å²) in [4.78, 5) is 12.7. The van der Waals surface area contributed by atoms with E-state index < -0.39 is 54.2 Å². The van der Waals surface area contributed by atoms with Crippen molar-refractivity contribution in [3.63, 3.8) is 0 Å². The molecule has 4 rings (SSSR count). The zero-order valence-electron chi connectivity index (χ0n) is 17.3. The van der Waals surface area contributed by atoms with Gasteiger partial charge in [-0.2, -0.15) is 0 Å². The molecule has 33 heavy (non-hydrogen) atoms. The van der Waals surface area contributed by atoms with Crippen molar-refractivity contribution in [3.8, 4) is 34.3 Å². The highest BCUT2D eigenvalue weighted by Gasteiger charge is 2.45. The summed E-state index contributed by atoms with van der Waals surface area (Å²) in [6.45, 7) is -0.519. The zero-order valence-corrected chi connectivity index (χ0v) is 17.3. The summed E-state index contributed by atoms with van der Waals surface area (Å²) in [7, 11) is 1.29. The molecule has 6 N–H and O–H groups in total. The van der Waals surface area contributed by atoms with Crippen LogP contribution in [0.3, 0.4) is 0 Å². The van der Waals surface area contributed by atoms with Crippen LogP contribution in [0.15, 0.2) is 45.6 Å². The van der Waals surface area contributed by atoms with Gasteiger partial charge in [0.1, 0.15) is 52.6 Å². The molecule has 0 amide bonds. The number of aliphatic hydroxyl groups excluding tert-OH is 3. The van der Waals surface area contributed by atoms with Gasteiger partial charge in [0.05, 0.1) is 6.61 Å². The van der Waals surface area contributed by atoms with Gasteiger partial charge in [0.2, 0.25) is 17.5 Å². The largest absolute Gasteiger partial charge is 0.508 e. The molecule has 11 heteroatoms. The van der Waals surface area contributed by atoms with Crippen LogP contribution in [0.1, 0.15) is 0 Å². The number of rotatable bonds is 5. The summed E-state index contributed by atoms with van der Waals surface area (Å²) < 4.78 is 21.8. The molecule has 3 aromatic rings. The molecule has 1 saturated heterocycles. The Hall–Kier alpha value is -3.35. The second kappa shape index (κ2) is 8.89. The van der Waals surface area contributed by atoms with Crippen molar-refractivity contribution in [1.29, 1.82) is 0 Å². The molecule has 0 spiro atoms. The summed E-state index contributed by atoms with van der Waals surface area (Å²) >= 11 is 0. The first-order valence-corrected chi connectivity index (χ1v) is 9.89. The minimum Gasteiger partial charge on any atom is -0.508 e. The predicted octanol–water partition coefficient (Wildman–Crippen LogP) is 0.410. The Balaban J connectivity index is 1.73. The first-order valence-electron chi connectivity index (χ1n) is 9.89. The molecule has 5 unspecified atom stereocenters. The number of methoxy groups -OCH3 is 1. The van der Waals surface area contributed by atoms with Gasteiger partial charge < -0.3 is 49.3 Å². The fourth-order valence-electron chi connectivity index (χ4n) is 3.72. The first kappa shape index (κ1) is 22.8. The van der Waals surface area contributed by atoms with E-state index in [0.717, 1.165) is 6.07 Å². The molecule has 0 bridgehead atoms. The summed E-state index contributed by atoms with van der Waals surface area (Å²) in [5, 5.41) is 59.9. The number of aliphatic hydroxyl groups is 3. The number of fused-ring (bicyclic) bond motifs is 1. The van der Waals surface area contributed by atoms with E-state index >= 15 is 0 Å². The smallest absolute Gasteiger partial charge is 0.238 e. The lowest BCUT2D eigenvalue weighted by molar-refractivity contribution is -0.281. The van der Waals surface area contributed by atoms with Crippen molar-refractivity contribution in [2.75, 3.05) is 13.7 Å². The van der Waals surface area contributed by atoms with Gasteiger partial charge in [-0.15, -0.1) is 0 Å². The van der Waals surface area contributed by atoms with Crippen LogP contribution in [0.25, 0.3) is 22.3 Å². The number of phenolic OH excluding ortho intramolecular Hbond substituents is 2. The van der Waals surface area contributed by atoms with Crippen molar-refractivity contribution in [2.45, 2.75) is 30.7 Å². The van der Waals surface area contributed by atoms with Crippen molar-refractivity contribution in [3.05, 3.63) is 46.6 Å². The third-order valence-corrected chi connectivity index (χ3v) is 5.40. The van der Waals surface area contributed by atoms with Crippen molar-refractivity contribution >= 4 is 11.0 Å². The van der Waals surface area contributed by atoms with E-state index in [1.165, 1.54) is 37.4 Å². The molecule has 1 aromatic heterocycles. The number of phenols is 2. The molecule has 0 radical (unpaired) electrons. The molecule has 1 aliphatic rings. The first-order chi connectivity index (χ1) is 15.7. The van der Waals surface area contributed by atoms with Gasteiger partial charge in [-0.05, 0) is 24.3 Å². The van der Waals surface area contributed by atoms with Crippen LogP contribution in [0.4, 0.5) is 0 Å². The summed E-state index contributed by atoms with van der Waals surface area (Å²) in [5.41, 5.74) is -0.744. The molecular formula is C22H22O11. The Morgan fingerprint density at radius 2 is 1.73 bits per heavy atom. The van der Waals surface area contributed by atoms with E-state index in [1.54, 1.807) is 0 Å². The van der Waals surface area contributed by atoms with Gasteiger partial charge in [0.15, 0.2) is 5.76 Å². The third-order valence-electron chi connectivity index (χ3n) is 5.40. The van der Waals surface area contributed by atoms with Gasteiger partial charge in [-0.3, -0.25) is 4.79 Å². The van der Waals surface area contributed by atoms with Crippen LogP contribution in [0, 0.1) is 0 Å². The predicted molar refractivity (Wildman–Crippen MR) is 112 cm³/mol. The van der Waals surface area contributed by atoms with Gasteiger partial charge >= 0.3 is 0 Å². The third kappa shape index (κ3) is 4.08. The summed E-state index contributed by atoms with van der Waals surface area (Å²) in [6, 6.07) is 7.82. The van der Waals surface area contributed by atoms with E-state index in [9.17, 15) is 35.4 Å². The summed E-state index contributed by atoms with van der Waals surface area (Å²) in [5.74, 6) is -1.61. The molecule has 176 valence electrons. The van der Waals surface area contributed by atoms with E-state index in [4.69, 9.17) is 18.6 Å². The SMILES string of the molecule is COC1C(CO)OC(Oc2cc(O)c3c(=O)c(O)c(-c4ccc(O)cc4)oc3c2)C(O)C1O. The number of benzene rings is 2. The van der Waals surface area contributed by atoms with Crippen LogP contribution in [0.5, 0.6) is 23.0 Å². The Labute approximate surface area is 186 Å². The number of aromatic hydroxyl groups is 3. The van der Waals surface area contributed by atoms with Crippen LogP contribution >= 0.6 is 0 Å². The minimum absolute atomic E-state index is 0.0279. The molecule has 2 heterocycles. The van der Waals surface area contributed by atoms with Gasteiger partial charge in [-0.25, -0.2) is 0 Å². The average Bonchev–Trinajstić information content (AvgIpc) is 2.79. The second-order valence-electron chi connectivity index (χ2n) is 7.50. The topological polar surface area (TPSA) is 179 Å². The van der Waals surface area contributed by atoms with Crippen LogP contribution in [-0.4, -0.2) is 75.1 Å². The average molecular weight is 462 g/mol. The highest BCUT2D eigenvalue weighted by atomic mass is 16.7. The molecule has 0 saturated carbocycles. The van der Waals surface area contributed by atoms with Gasteiger partial charge in [0.25, 0.3) is 0 Å².